The Morgan fingerprint density at radius 2 is 1.67 bits per heavy atom. The zero-order valence-electron chi connectivity index (χ0n) is 15.2. The van der Waals surface area contributed by atoms with E-state index in [4.69, 9.17) is 0 Å². The van der Waals surface area contributed by atoms with E-state index in [1.165, 1.54) is 22.4 Å². The van der Waals surface area contributed by atoms with Crippen molar-refractivity contribution in [3.05, 3.63) is 72.2 Å². The normalized spacial score (nSPS) is 11.5. The van der Waals surface area contributed by atoms with Gasteiger partial charge in [-0.1, -0.05) is 45.0 Å². The zero-order chi connectivity index (χ0) is 17.3. The number of aryl methyl sites for hydroxylation is 2. The minimum Gasteiger partial charge on any atom is -0.260 e. The van der Waals surface area contributed by atoms with Crippen molar-refractivity contribution in [3.63, 3.8) is 0 Å². The van der Waals surface area contributed by atoms with Crippen molar-refractivity contribution in [2.24, 2.45) is 7.05 Å². The number of hydrogen-bond acceptors (Lipinski definition) is 1. The smallest absolute Gasteiger partial charge is 0.213 e. The SMILES string of the molecule is Cc1ccccc1-c1cc(-c2ccc(C(C)(C)C)nc2)cc[n+]1C. The van der Waals surface area contributed by atoms with Gasteiger partial charge in [0.2, 0.25) is 5.69 Å². The fraction of sp³-hybridized carbons (Fsp3) is 0.273. The van der Waals surface area contributed by atoms with E-state index in [2.05, 4.69) is 99.0 Å². The predicted octanol–water partition coefficient (Wildman–Crippen LogP) is 4.85. The van der Waals surface area contributed by atoms with E-state index < -0.39 is 0 Å². The number of pyridine rings is 2. The number of benzene rings is 1. The summed E-state index contributed by atoms with van der Waals surface area (Å²) in [4.78, 5) is 4.66. The predicted molar refractivity (Wildman–Crippen MR) is 99.7 cm³/mol. The third-order valence-electron chi connectivity index (χ3n) is 4.44. The summed E-state index contributed by atoms with van der Waals surface area (Å²) in [6.45, 7) is 8.72. The van der Waals surface area contributed by atoms with Gasteiger partial charge < -0.3 is 0 Å². The number of hydrogen-bond donors (Lipinski definition) is 0. The first-order chi connectivity index (χ1) is 11.4. The molecule has 2 aromatic heterocycles. The summed E-state index contributed by atoms with van der Waals surface area (Å²) in [6, 6.07) is 17.2. The standard InChI is InChI=1S/C22H25N2/c1-16-8-6-7-9-19(16)20-14-17(12-13-24(20)5)18-10-11-21(23-15-18)22(2,3)4/h6-15H,1-5H3/q+1. The Morgan fingerprint density at radius 1 is 0.917 bits per heavy atom. The fourth-order valence-corrected chi connectivity index (χ4v) is 2.89. The largest absolute Gasteiger partial charge is 0.260 e. The Bertz CT molecular complexity index is 856. The highest BCUT2D eigenvalue weighted by Crippen LogP contribution is 2.27. The van der Waals surface area contributed by atoms with Crippen LogP contribution < -0.4 is 4.57 Å². The molecular formula is C22H25N2+. The van der Waals surface area contributed by atoms with E-state index >= 15 is 0 Å². The van der Waals surface area contributed by atoms with Crippen LogP contribution in [0.3, 0.4) is 0 Å². The molecule has 2 nitrogen and oxygen atoms in total. The molecule has 0 bridgehead atoms. The van der Waals surface area contributed by atoms with Crippen molar-refractivity contribution in [2.75, 3.05) is 0 Å². The van der Waals surface area contributed by atoms with Crippen LogP contribution >= 0.6 is 0 Å². The molecule has 0 saturated carbocycles. The summed E-state index contributed by atoms with van der Waals surface area (Å²) in [5, 5.41) is 0. The first-order valence-electron chi connectivity index (χ1n) is 8.39. The molecular weight excluding hydrogens is 292 g/mol. The molecule has 0 atom stereocenters. The molecule has 3 rings (SSSR count). The van der Waals surface area contributed by atoms with Gasteiger partial charge in [0.15, 0.2) is 6.20 Å². The van der Waals surface area contributed by atoms with Gasteiger partial charge >= 0.3 is 0 Å². The third-order valence-corrected chi connectivity index (χ3v) is 4.44. The van der Waals surface area contributed by atoms with Crippen LogP contribution in [0.5, 0.6) is 0 Å². The van der Waals surface area contributed by atoms with Gasteiger partial charge in [0.05, 0.1) is 0 Å². The number of rotatable bonds is 2. The number of nitrogens with zero attached hydrogens (tertiary/aromatic N) is 2. The summed E-state index contributed by atoms with van der Waals surface area (Å²) in [5.41, 5.74) is 7.30. The molecule has 0 radical (unpaired) electrons. The third kappa shape index (κ3) is 3.23. The van der Waals surface area contributed by atoms with Crippen LogP contribution in [-0.2, 0) is 12.5 Å². The minimum atomic E-state index is 0.0774. The van der Waals surface area contributed by atoms with Crippen molar-refractivity contribution in [1.82, 2.24) is 4.98 Å². The van der Waals surface area contributed by atoms with Gasteiger partial charge in [-0.25, -0.2) is 4.57 Å². The molecule has 2 heteroatoms. The lowest BCUT2D eigenvalue weighted by molar-refractivity contribution is -0.660. The first-order valence-corrected chi connectivity index (χ1v) is 8.39. The van der Waals surface area contributed by atoms with Crippen LogP contribution in [0.15, 0.2) is 60.9 Å². The van der Waals surface area contributed by atoms with Crippen LogP contribution in [0.2, 0.25) is 0 Å². The monoisotopic (exact) mass is 317 g/mol. The van der Waals surface area contributed by atoms with E-state index in [0.29, 0.717) is 0 Å². The van der Waals surface area contributed by atoms with Gasteiger partial charge in [0.25, 0.3) is 0 Å². The van der Waals surface area contributed by atoms with E-state index in [-0.39, 0.29) is 5.41 Å². The highest BCUT2D eigenvalue weighted by molar-refractivity contribution is 5.69. The zero-order valence-corrected chi connectivity index (χ0v) is 15.2. The molecule has 0 aliphatic carbocycles. The van der Waals surface area contributed by atoms with Crippen LogP contribution in [0.4, 0.5) is 0 Å². The maximum Gasteiger partial charge on any atom is 0.213 e. The maximum absolute atomic E-state index is 4.66. The molecule has 0 fully saturated rings. The molecule has 122 valence electrons. The Hall–Kier alpha value is -2.48. The van der Waals surface area contributed by atoms with Gasteiger partial charge in [-0.05, 0) is 30.2 Å². The molecule has 1 aromatic carbocycles. The average molecular weight is 317 g/mol. The first kappa shape index (κ1) is 16.4. The molecule has 24 heavy (non-hydrogen) atoms. The van der Waals surface area contributed by atoms with Crippen molar-refractivity contribution in [2.45, 2.75) is 33.1 Å². The molecule has 3 aromatic rings. The second-order valence-corrected chi connectivity index (χ2v) is 7.41. The molecule has 2 heterocycles. The van der Waals surface area contributed by atoms with Gasteiger partial charge in [0, 0.05) is 40.6 Å². The van der Waals surface area contributed by atoms with Gasteiger partial charge in [0.1, 0.15) is 7.05 Å². The molecule has 0 aliphatic rings. The van der Waals surface area contributed by atoms with Crippen LogP contribution in [0, 0.1) is 6.92 Å². The molecule has 0 N–H and O–H groups in total. The van der Waals surface area contributed by atoms with Crippen molar-refractivity contribution in [1.29, 1.82) is 0 Å². The lowest BCUT2D eigenvalue weighted by atomic mass is 9.91. The van der Waals surface area contributed by atoms with Crippen molar-refractivity contribution >= 4 is 0 Å². The van der Waals surface area contributed by atoms with Gasteiger partial charge in [-0.15, -0.1) is 0 Å². The highest BCUT2D eigenvalue weighted by atomic mass is 14.9. The fourth-order valence-electron chi connectivity index (χ4n) is 2.89. The van der Waals surface area contributed by atoms with E-state index in [1.807, 2.05) is 6.20 Å². The minimum absolute atomic E-state index is 0.0774. The lowest BCUT2D eigenvalue weighted by Gasteiger charge is -2.17. The Balaban J connectivity index is 2.05. The lowest BCUT2D eigenvalue weighted by Crippen LogP contribution is -2.30. The topological polar surface area (TPSA) is 16.8 Å². The second-order valence-electron chi connectivity index (χ2n) is 7.41. The van der Waals surface area contributed by atoms with Crippen molar-refractivity contribution in [3.8, 4) is 22.4 Å². The highest BCUT2D eigenvalue weighted by Gasteiger charge is 2.16. The van der Waals surface area contributed by atoms with Crippen LogP contribution in [0.25, 0.3) is 22.4 Å². The summed E-state index contributed by atoms with van der Waals surface area (Å²) < 4.78 is 2.17. The van der Waals surface area contributed by atoms with E-state index in [9.17, 15) is 0 Å². The van der Waals surface area contributed by atoms with Crippen molar-refractivity contribution < 1.29 is 4.57 Å². The van der Waals surface area contributed by atoms with Crippen LogP contribution in [0.1, 0.15) is 32.0 Å². The molecule has 0 spiro atoms. The Kier molecular flexibility index (Phi) is 4.23. The Morgan fingerprint density at radius 3 is 2.29 bits per heavy atom. The maximum atomic E-state index is 4.66. The van der Waals surface area contributed by atoms with E-state index in [0.717, 1.165) is 11.3 Å². The second kappa shape index (κ2) is 6.20. The Labute approximate surface area is 144 Å². The quantitative estimate of drug-likeness (QED) is 0.618. The molecule has 0 amide bonds. The summed E-state index contributed by atoms with van der Waals surface area (Å²) >= 11 is 0. The summed E-state index contributed by atoms with van der Waals surface area (Å²) in [7, 11) is 2.09. The molecule has 0 aliphatic heterocycles. The van der Waals surface area contributed by atoms with E-state index in [1.54, 1.807) is 0 Å². The van der Waals surface area contributed by atoms with Crippen LogP contribution in [-0.4, -0.2) is 4.98 Å². The van der Waals surface area contributed by atoms with Gasteiger partial charge in [-0.3, -0.25) is 4.98 Å². The summed E-state index contributed by atoms with van der Waals surface area (Å²) in [5.74, 6) is 0. The average Bonchev–Trinajstić information content (AvgIpc) is 2.55. The summed E-state index contributed by atoms with van der Waals surface area (Å²) in [6.07, 6.45) is 4.10. The molecule has 0 saturated heterocycles. The molecule has 0 unspecified atom stereocenters. The number of aromatic nitrogens is 2. The van der Waals surface area contributed by atoms with Gasteiger partial charge in [-0.2, -0.15) is 0 Å².